The van der Waals surface area contributed by atoms with Crippen molar-refractivity contribution in [3.05, 3.63) is 40.8 Å². The van der Waals surface area contributed by atoms with Crippen LogP contribution < -0.4 is 0 Å². The van der Waals surface area contributed by atoms with Crippen molar-refractivity contribution in [3.8, 4) is 0 Å². The fourth-order valence-corrected chi connectivity index (χ4v) is 1.14. The van der Waals surface area contributed by atoms with Gasteiger partial charge in [-0.05, 0) is 12.0 Å². The van der Waals surface area contributed by atoms with Gasteiger partial charge in [0.15, 0.2) is 0 Å². The van der Waals surface area contributed by atoms with Gasteiger partial charge in [-0.25, -0.2) is 0 Å². The number of carbonyl (C=O) groups is 1. The molecule has 0 aliphatic heterocycles. The van der Waals surface area contributed by atoms with Crippen LogP contribution >= 0.6 is 0 Å². The van der Waals surface area contributed by atoms with E-state index in [4.69, 9.17) is 0 Å². The highest BCUT2D eigenvalue weighted by Gasteiger charge is 2.07. The lowest BCUT2D eigenvalue weighted by atomic mass is 10.1. The average Bonchev–Trinajstić information content (AvgIpc) is 2.20. The van der Waals surface area contributed by atoms with Crippen LogP contribution in [0.1, 0.15) is 12.5 Å². The Morgan fingerprint density at radius 1 is 1.36 bits per heavy atom. The van der Waals surface area contributed by atoms with Crippen LogP contribution in [0.25, 0.3) is 0 Å². The number of nitroso groups, excluding NO2 is 1. The second-order valence-electron chi connectivity index (χ2n) is 2.96. The van der Waals surface area contributed by atoms with E-state index in [9.17, 15) is 9.70 Å². The van der Waals surface area contributed by atoms with Gasteiger partial charge >= 0.3 is 0 Å². The molecule has 0 heterocycles. The molecule has 4 heteroatoms. The fourth-order valence-electron chi connectivity index (χ4n) is 1.14. The summed E-state index contributed by atoms with van der Waals surface area (Å²) in [5, 5.41) is 3.56. The largest absolute Gasteiger partial charge is 0.273 e. The zero-order valence-electron chi connectivity index (χ0n) is 8.01. The third-order valence-corrected chi connectivity index (χ3v) is 1.92. The molecule has 0 atom stereocenters. The Balaban J connectivity index is 2.47. The molecule has 1 aromatic carbocycles. The first-order valence-electron chi connectivity index (χ1n) is 4.39. The number of rotatable bonds is 4. The van der Waals surface area contributed by atoms with Crippen LogP contribution in [0.2, 0.25) is 0 Å². The Kier molecular flexibility index (Phi) is 3.79. The summed E-state index contributed by atoms with van der Waals surface area (Å²) in [6.45, 7) is 1.66. The minimum Gasteiger partial charge on any atom is -0.273 e. The van der Waals surface area contributed by atoms with Gasteiger partial charge in [0.25, 0.3) is 0 Å². The molecule has 0 radical (unpaired) electrons. The molecule has 0 saturated carbocycles. The number of amides is 1. The summed E-state index contributed by atoms with van der Waals surface area (Å²) in [5.41, 5.74) is 1.09. The van der Waals surface area contributed by atoms with Crippen molar-refractivity contribution < 1.29 is 4.79 Å². The van der Waals surface area contributed by atoms with Crippen LogP contribution in [0.3, 0.4) is 0 Å². The average molecular weight is 192 g/mol. The Bertz CT molecular complexity index is 311. The van der Waals surface area contributed by atoms with Gasteiger partial charge in [0.2, 0.25) is 5.91 Å². The highest BCUT2D eigenvalue weighted by atomic mass is 16.3. The zero-order valence-corrected chi connectivity index (χ0v) is 8.01. The molecule has 0 aromatic heterocycles. The predicted molar refractivity (Wildman–Crippen MR) is 53.3 cm³/mol. The summed E-state index contributed by atoms with van der Waals surface area (Å²) in [6, 6.07) is 9.65. The van der Waals surface area contributed by atoms with E-state index in [2.05, 4.69) is 5.29 Å². The van der Waals surface area contributed by atoms with E-state index in [0.717, 1.165) is 10.6 Å². The maximum Gasteiger partial charge on any atom is 0.242 e. The lowest BCUT2D eigenvalue weighted by Gasteiger charge is -2.09. The molecule has 0 bridgehead atoms. The Morgan fingerprint density at radius 2 is 2.00 bits per heavy atom. The van der Waals surface area contributed by atoms with Crippen molar-refractivity contribution in [2.45, 2.75) is 13.3 Å². The Morgan fingerprint density at radius 3 is 2.50 bits per heavy atom. The van der Waals surface area contributed by atoms with Crippen LogP contribution in [-0.2, 0) is 11.2 Å². The first-order valence-corrected chi connectivity index (χ1v) is 4.39. The summed E-state index contributed by atoms with van der Waals surface area (Å²) in [6.07, 6.45) is 0.645. The van der Waals surface area contributed by atoms with Crippen LogP contribution in [0.4, 0.5) is 0 Å². The van der Waals surface area contributed by atoms with Gasteiger partial charge in [-0.3, -0.25) is 4.79 Å². The first kappa shape index (κ1) is 10.4. The molecule has 0 saturated heterocycles. The molecule has 0 aliphatic carbocycles. The lowest BCUT2D eigenvalue weighted by Crippen LogP contribution is -2.24. The molecule has 14 heavy (non-hydrogen) atoms. The SMILES string of the molecule is CC(=O)N(CCc1ccccc1)N=O. The van der Waals surface area contributed by atoms with Gasteiger partial charge < -0.3 is 0 Å². The minimum atomic E-state index is -0.323. The van der Waals surface area contributed by atoms with Crippen LogP contribution in [0, 0.1) is 4.91 Å². The fraction of sp³-hybridized carbons (Fsp3) is 0.300. The molecule has 1 aromatic rings. The number of benzene rings is 1. The third kappa shape index (κ3) is 2.97. The highest BCUT2D eigenvalue weighted by Crippen LogP contribution is 2.01. The van der Waals surface area contributed by atoms with Gasteiger partial charge in [-0.1, -0.05) is 30.3 Å². The summed E-state index contributed by atoms with van der Waals surface area (Å²) in [7, 11) is 0. The molecule has 4 nitrogen and oxygen atoms in total. The third-order valence-electron chi connectivity index (χ3n) is 1.92. The molecular formula is C10H12N2O2. The second kappa shape index (κ2) is 5.11. The zero-order chi connectivity index (χ0) is 10.4. The molecule has 0 fully saturated rings. The van der Waals surface area contributed by atoms with E-state index in [0.29, 0.717) is 13.0 Å². The van der Waals surface area contributed by atoms with Crippen LogP contribution in [-0.4, -0.2) is 17.5 Å². The van der Waals surface area contributed by atoms with E-state index in [1.807, 2.05) is 30.3 Å². The molecule has 74 valence electrons. The quantitative estimate of drug-likeness (QED) is 0.539. The van der Waals surface area contributed by atoms with Crippen molar-refractivity contribution in [2.24, 2.45) is 5.29 Å². The van der Waals surface area contributed by atoms with E-state index >= 15 is 0 Å². The number of hydrogen-bond donors (Lipinski definition) is 0. The number of hydrogen-bond acceptors (Lipinski definition) is 3. The normalized spacial score (nSPS) is 9.50. The van der Waals surface area contributed by atoms with Crippen molar-refractivity contribution >= 4 is 5.91 Å². The summed E-state index contributed by atoms with van der Waals surface area (Å²) in [4.78, 5) is 21.1. The molecule has 0 aliphatic rings. The van der Waals surface area contributed by atoms with Crippen molar-refractivity contribution in [1.82, 2.24) is 5.01 Å². The molecule has 1 amide bonds. The standard InChI is InChI=1S/C10H12N2O2/c1-9(13)12(11-14)8-7-10-5-3-2-4-6-10/h2-6H,7-8H2,1H3. The minimum absolute atomic E-state index is 0.323. The van der Waals surface area contributed by atoms with E-state index in [1.165, 1.54) is 6.92 Å². The van der Waals surface area contributed by atoms with E-state index in [-0.39, 0.29) is 5.91 Å². The maximum atomic E-state index is 10.8. The Hall–Kier alpha value is -1.71. The lowest BCUT2D eigenvalue weighted by molar-refractivity contribution is -0.128. The molecule has 0 N–H and O–H groups in total. The summed E-state index contributed by atoms with van der Waals surface area (Å²) >= 11 is 0. The van der Waals surface area contributed by atoms with Gasteiger partial charge in [0.1, 0.15) is 0 Å². The highest BCUT2D eigenvalue weighted by molar-refractivity contribution is 5.72. The van der Waals surface area contributed by atoms with Gasteiger partial charge in [0.05, 0.1) is 11.8 Å². The molecule has 0 spiro atoms. The second-order valence-corrected chi connectivity index (χ2v) is 2.96. The Labute approximate surface area is 82.5 Å². The van der Waals surface area contributed by atoms with Crippen molar-refractivity contribution in [3.63, 3.8) is 0 Å². The van der Waals surface area contributed by atoms with Gasteiger partial charge in [-0.15, -0.1) is 4.91 Å². The van der Waals surface area contributed by atoms with Gasteiger partial charge in [0, 0.05) is 6.92 Å². The van der Waals surface area contributed by atoms with Crippen molar-refractivity contribution in [2.75, 3.05) is 6.54 Å². The first-order chi connectivity index (χ1) is 6.74. The van der Waals surface area contributed by atoms with Crippen molar-refractivity contribution in [1.29, 1.82) is 0 Å². The van der Waals surface area contributed by atoms with E-state index in [1.54, 1.807) is 0 Å². The number of carbonyl (C=O) groups excluding carboxylic acids is 1. The molecular weight excluding hydrogens is 180 g/mol. The predicted octanol–water partition coefficient (Wildman–Crippen LogP) is 1.76. The van der Waals surface area contributed by atoms with Crippen LogP contribution in [0.15, 0.2) is 35.6 Å². The molecule has 0 unspecified atom stereocenters. The molecule has 1 rings (SSSR count). The van der Waals surface area contributed by atoms with E-state index < -0.39 is 0 Å². The topological polar surface area (TPSA) is 49.7 Å². The summed E-state index contributed by atoms with van der Waals surface area (Å²) < 4.78 is 0. The van der Waals surface area contributed by atoms with Gasteiger partial charge in [-0.2, -0.15) is 5.01 Å². The monoisotopic (exact) mass is 192 g/mol. The smallest absolute Gasteiger partial charge is 0.242 e. The summed E-state index contributed by atoms with van der Waals surface area (Å²) in [5.74, 6) is -0.323. The maximum absolute atomic E-state index is 10.8. The number of nitrogens with zero attached hydrogens (tertiary/aromatic N) is 2. The van der Waals surface area contributed by atoms with Crippen LogP contribution in [0.5, 0.6) is 0 Å².